The standard InChI is InChI=1S/C7H11NO4/c1-10-6-4(3-8)5(9)7(11-2)12-6/h4-7,9H,1-2H3/t4-,5+,6+,7-/m1/s1. The summed E-state index contributed by atoms with van der Waals surface area (Å²) in [5, 5.41) is 18.0. The van der Waals surface area contributed by atoms with Gasteiger partial charge in [-0.3, -0.25) is 0 Å². The van der Waals surface area contributed by atoms with Gasteiger partial charge in [0.05, 0.1) is 6.07 Å². The van der Waals surface area contributed by atoms with Gasteiger partial charge in [0.1, 0.15) is 12.0 Å². The summed E-state index contributed by atoms with van der Waals surface area (Å²) in [5.74, 6) is -0.681. The molecule has 0 radical (unpaired) electrons. The van der Waals surface area contributed by atoms with E-state index in [2.05, 4.69) is 0 Å². The maximum atomic E-state index is 9.40. The van der Waals surface area contributed by atoms with E-state index in [0.29, 0.717) is 0 Å². The second-order valence-corrected chi connectivity index (χ2v) is 2.49. The van der Waals surface area contributed by atoms with Gasteiger partial charge in [-0.1, -0.05) is 0 Å². The Bertz CT molecular complexity index is 188. The van der Waals surface area contributed by atoms with E-state index in [-0.39, 0.29) is 0 Å². The van der Waals surface area contributed by atoms with Crippen LogP contribution < -0.4 is 0 Å². The van der Waals surface area contributed by atoms with Gasteiger partial charge in [0.2, 0.25) is 0 Å². The number of hydrogen-bond acceptors (Lipinski definition) is 5. The fourth-order valence-corrected chi connectivity index (χ4v) is 1.16. The van der Waals surface area contributed by atoms with Crippen LogP contribution in [0.25, 0.3) is 0 Å². The van der Waals surface area contributed by atoms with Gasteiger partial charge in [0.15, 0.2) is 12.6 Å². The molecule has 1 aliphatic rings. The van der Waals surface area contributed by atoms with Crippen LogP contribution in [0.3, 0.4) is 0 Å². The van der Waals surface area contributed by atoms with Gasteiger partial charge in [-0.05, 0) is 0 Å². The van der Waals surface area contributed by atoms with Gasteiger partial charge in [0.25, 0.3) is 0 Å². The molecule has 4 atom stereocenters. The number of ether oxygens (including phenoxy) is 3. The average Bonchev–Trinajstić information content (AvgIpc) is 2.41. The third kappa shape index (κ3) is 1.42. The van der Waals surface area contributed by atoms with Crippen LogP contribution >= 0.6 is 0 Å². The minimum absolute atomic E-state index is 0.681. The van der Waals surface area contributed by atoms with E-state index < -0.39 is 24.6 Å². The lowest BCUT2D eigenvalue weighted by Crippen LogP contribution is -2.27. The normalized spacial score (nSPS) is 41.2. The molecule has 1 rings (SSSR count). The summed E-state index contributed by atoms with van der Waals surface area (Å²) < 4.78 is 14.7. The second-order valence-electron chi connectivity index (χ2n) is 2.49. The average molecular weight is 173 g/mol. The number of nitriles is 1. The van der Waals surface area contributed by atoms with Crippen LogP contribution in [0.5, 0.6) is 0 Å². The number of methoxy groups -OCH3 is 2. The molecule has 0 saturated carbocycles. The molecule has 0 unspecified atom stereocenters. The van der Waals surface area contributed by atoms with E-state index in [4.69, 9.17) is 19.5 Å². The van der Waals surface area contributed by atoms with Crippen LogP contribution in [0, 0.1) is 17.2 Å². The maximum Gasteiger partial charge on any atom is 0.187 e. The van der Waals surface area contributed by atoms with Gasteiger partial charge >= 0.3 is 0 Å². The molecular formula is C7H11NO4. The molecule has 1 saturated heterocycles. The van der Waals surface area contributed by atoms with Crippen molar-refractivity contribution in [2.75, 3.05) is 14.2 Å². The zero-order chi connectivity index (χ0) is 9.14. The third-order valence-electron chi connectivity index (χ3n) is 1.82. The molecule has 68 valence electrons. The first-order valence-corrected chi connectivity index (χ1v) is 3.53. The summed E-state index contributed by atoms with van der Waals surface area (Å²) in [4.78, 5) is 0. The molecule has 0 aromatic rings. The van der Waals surface area contributed by atoms with Gasteiger partial charge in [-0.2, -0.15) is 5.26 Å². The topological polar surface area (TPSA) is 71.7 Å². The molecule has 1 aliphatic heterocycles. The number of rotatable bonds is 2. The fraction of sp³-hybridized carbons (Fsp3) is 0.857. The van der Waals surface area contributed by atoms with E-state index in [1.165, 1.54) is 14.2 Å². The van der Waals surface area contributed by atoms with Crippen molar-refractivity contribution >= 4 is 0 Å². The van der Waals surface area contributed by atoms with Crippen LogP contribution in [0.1, 0.15) is 0 Å². The summed E-state index contributed by atoms with van der Waals surface area (Å²) >= 11 is 0. The van der Waals surface area contributed by atoms with Gasteiger partial charge < -0.3 is 19.3 Å². The molecule has 0 aromatic carbocycles. The lowest BCUT2D eigenvalue weighted by Gasteiger charge is -2.10. The molecule has 0 aromatic heterocycles. The van der Waals surface area contributed by atoms with Crippen molar-refractivity contribution < 1.29 is 19.3 Å². The number of aliphatic hydroxyl groups is 1. The van der Waals surface area contributed by atoms with E-state index in [1.807, 2.05) is 6.07 Å². The Balaban J connectivity index is 2.66. The molecule has 12 heavy (non-hydrogen) atoms. The Hall–Kier alpha value is -0.670. The van der Waals surface area contributed by atoms with Crippen LogP contribution in [-0.4, -0.2) is 38.0 Å². The van der Waals surface area contributed by atoms with Gasteiger partial charge in [-0.25, -0.2) is 0 Å². The summed E-state index contributed by atoms with van der Waals surface area (Å²) in [6, 6.07) is 1.90. The van der Waals surface area contributed by atoms with E-state index in [1.54, 1.807) is 0 Å². The van der Waals surface area contributed by atoms with Gasteiger partial charge in [0, 0.05) is 14.2 Å². The first kappa shape index (κ1) is 9.42. The van der Waals surface area contributed by atoms with Crippen LogP contribution in [0.15, 0.2) is 0 Å². The molecule has 0 aliphatic carbocycles. The lowest BCUT2D eigenvalue weighted by atomic mass is 10.1. The van der Waals surface area contributed by atoms with E-state index in [0.717, 1.165) is 0 Å². The summed E-state index contributed by atoms with van der Waals surface area (Å²) in [6.07, 6.45) is -2.40. The molecule has 0 spiro atoms. The van der Waals surface area contributed by atoms with E-state index >= 15 is 0 Å². The second kappa shape index (κ2) is 3.83. The highest BCUT2D eigenvalue weighted by atomic mass is 16.8. The molecule has 1 fully saturated rings. The highest BCUT2D eigenvalue weighted by molar-refractivity contribution is 4.96. The van der Waals surface area contributed by atoms with Crippen molar-refractivity contribution in [3.8, 4) is 6.07 Å². The number of aliphatic hydroxyl groups excluding tert-OH is 1. The molecule has 1 heterocycles. The smallest absolute Gasteiger partial charge is 0.187 e. The zero-order valence-corrected chi connectivity index (χ0v) is 6.93. The van der Waals surface area contributed by atoms with Crippen molar-refractivity contribution in [3.05, 3.63) is 0 Å². The quantitative estimate of drug-likeness (QED) is 0.607. The summed E-state index contributed by atoms with van der Waals surface area (Å²) in [6.45, 7) is 0. The Morgan fingerprint density at radius 3 is 2.25 bits per heavy atom. The molecule has 0 amide bonds. The maximum absolute atomic E-state index is 9.40. The molecule has 5 nitrogen and oxygen atoms in total. The van der Waals surface area contributed by atoms with Crippen molar-refractivity contribution in [3.63, 3.8) is 0 Å². The fourth-order valence-electron chi connectivity index (χ4n) is 1.16. The zero-order valence-electron chi connectivity index (χ0n) is 6.93. The summed E-state index contributed by atoms with van der Waals surface area (Å²) in [5.41, 5.74) is 0. The predicted molar refractivity (Wildman–Crippen MR) is 37.8 cm³/mol. The number of nitrogens with zero attached hydrogens (tertiary/aromatic N) is 1. The highest BCUT2D eigenvalue weighted by Gasteiger charge is 2.44. The van der Waals surface area contributed by atoms with Crippen molar-refractivity contribution in [2.24, 2.45) is 5.92 Å². The largest absolute Gasteiger partial charge is 0.386 e. The van der Waals surface area contributed by atoms with Crippen LogP contribution in [0.4, 0.5) is 0 Å². The SMILES string of the molecule is CO[C@@H]1O[C@H](OC)[C@H](C#N)[C@@H]1O. The van der Waals surface area contributed by atoms with E-state index in [9.17, 15) is 5.11 Å². The van der Waals surface area contributed by atoms with Crippen LogP contribution in [-0.2, 0) is 14.2 Å². The predicted octanol–water partition coefficient (Wildman–Crippen LogP) is -0.538. The summed E-state index contributed by atoms with van der Waals surface area (Å²) in [7, 11) is 2.82. The van der Waals surface area contributed by atoms with Crippen molar-refractivity contribution in [2.45, 2.75) is 18.7 Å². The monoisotopic (exact) mass is 173 g/mol. The number of hydrogen-bond donors (Lipinski definition) is 1. The minimum Gasteiger partial charge on any atom is -0.386 e. The first-order chi connectivity index (χ1) is 5.74. The Morgan fingerprint density at radius 2 is 1.92 bits per heavy atom. The molecule has 0 bridgehead atoms. The Morgan fingerprint density at radius 1 is 1.33 bits per heavy atom. The highest BCUT2D eigenvalue weighted by Crippen LogP contribution is 2.27. The van der Waals surface area contributed by atoms with Gasteiger partial charge in [-0.15, -0.1) is 0 Å². The third-order valence-corrected chi connectivity index (χ3v) is 1.82. The Kier molecular flexibility index (Phi) is 3.00. The van der Waals surface area contributed by atoms with Crippen molar-refractivity contribution in [1.29, 1.82) is 5.26 Å². The molecular weight excluding hydrogens is 162 g/mol. The first-order valence-electron chi connectivity index (χ1n) is 3.53. The molecule has 5 heteroatoms. The Labute approximate surface area is 70.5 Å². The van der Waals surface area contributed by atoms with Crippen molar-refractivity contribution in [1.82, 2.24) is 0 Å². The minimum atomic E-state index is -0.940. The lowest BCUT2D eigenvalue weighted by molar-refractivity contribution is -0.200. The van der Waals surface area contributed by atoms with Crippen LogP contribution in [0.2, 0.25) is 0 Å². The molecule has 1 N–H and O–H groups in total.